The van der Waals surface area contributed by atoms with Crippen LogP contribution in [0.2, 0.25) is 10.0 Å². The standard InChI is InChI=1S/C31H34Cl2N6O4S/c32-25-3-10-29(30(33)17-25)31(40,19-39-22-34-21-35-39)20-43-28-8-6-27(7-9-28)38-14-12-37(13-15-38)26-4-1-23(2-5-26)24-11-16-44(41,42)36-18-24/h1-10,17,21-22,24,36,40H,11-16,18-20H2. The number of piperazine rings is 1. The van der Waals surface area contributed by atoms with Gasteiger partial charge in [0.25, 0.3) is 0 Å². The number of nitrogens with one attached hydrogen (secondary N) is 1. The number of sulfonamides is 1. The highest BCUT2D eigenvalue weighted by molar-refractivity contribution is 7.89. The summed E-state index contributed by atoms with van der Waals surface area (Å²) in [5.41, 5.74) is 2.46. The van der Waals surface area contributed by atoms with E-state index in [0.29, 0.717) is 34.3 Å². The zero-order valence-electron chi connectivity index (χ0n) is 24.0. The van der Waals surface area contributed by atoms with Crippen molar-refractivity contribution in [3.05, 3.63) is 101 Å². The molecule has 0 aliphatic carbocycles. The molecule has 2 aliphatic rings. The summed E-state index contributed by atoms with van der Waals surface area (Å²) < 4.78 is 33.6. The highest BCUT2D eigenvalue weighted by Crippen LogP contribution is 2.33. The topological polar surface area (TPSA) is 113 Å². The molecule has 10 nitrogen and oxygen atoms in total. The van der Waals surface area contributed by atoms with Gasteiger partial charge in [-0.2, -0.15) is 5.10 Å². The van der Waals surface area contributed by atoms with Crippen molar-refractivity contribution in [2.45, 2.75) is 24.5 Å². The molecule has 2 N–H and O–H groups in total. The van der Waals surface area contributed by atoms with Gasteiger partial charge >= 0.3 is 0 Å². The van der Waals surface area contributed by atoms with E-state index in [9.17, 15) is 13.5 Å². The summed E-state index contributed by atoms with van der Waals surface area (Å²) in [6.07, 6.45) is 3.59. The van der Waals surface area contributed by atoms with E-state index in [0.717, 1.165) is 31.9 Å². The molecule has 0 amide bonds. The third kappa shape index (κ3) is 7.13. The lowest BCUT2D eigenvalue weighted by molar-refractivity contribution is -0.0269. The normalized spacial score (nSPS) is 19.8. The van der Waals surface area contributed by atoms with Gasteiger partial charge in [-0.05, 0) is 66.4 Å². The second-order valence-corrected chi connectivity index (χ2v) is 14.0. The Morgan fingerprint density at radius 1 is 0.955 bits per heavy atom. The summed E-state index contributed by atoms with van der Waals surface area (Å²) in [4.78, 5) is 8.69. The van der Waals surface area contributed by atoms with E-state index in [1.54, 1.807) is 18.2 Å². The molecule has 2 aliphatic heterocycles. The van der Waals surface area contributed by atoms with E-state index in [1.807, 2.05) is 24.3 Å². The van der Waals surface area contributed by atoms with Crippen molar-refractivity contribution in [2.75, 3.05) is 54.9 Å². The first-order valence-corrected chi connectivity index (χ1v) is 16.9. The van der Waals surface area contributed by atoms with Crippen molar-refractivity contribution in [1.29, 1.82) is 0 Å². The lowest BCUT2D eigenvalue weighted by atomic mass is 9.94. The fourth-order valence-corrected chi connectivity index (χ4v) is 7.56. The number of hydrogen-bond donors (Lipinski definition) is 2. The third-order valence-corrected chi connectivity index (χ3v) is 10.2. The first kappa shape index (κ1) is 30.7. The Labute approximate surface area is 267 Å². The molecule has 232 valence electrons. The second-order valence-electron chi connectivity index (χ2n) is 11.2. The van der Waals surface area contributed by atoms with E-state index in [-0.39, 0.29) is 24.8 Å². The highest BCUT2D eigenvalue weighted by atomic mass is 35.5. The van der Waals surface area contributed by atoms with Gasteiger partial charge in [-0.25, -0.2) is 22.8 Å². The molecule has 0 saturated carbocycles. The summed E-state index contributed by atoms with van der Waals surface area (Å²) in [5.74, 6) is 1.02. The maximum atomic E-state index is 11.7. The van der Waals surface area contributed by atoms with Gasteiger partial charge in [-0.3, -0.25) is 0 Å². The minimum atomic E-state index is -3.10. The average Bonchev–Trinajstić information content (AvgIpc) is 3.53. The van der Waals surface area contributed by atoms with Gasteiger partial charge in [0, 0.05) is 59.7 Å². The van der Waals surface area contributed by atoms with Crippen molar-refractivity contribution < 1.29 is 18.3 Å². The Balaban J connectivity index is 1.04. The highest BCUT2D eigenvalue weighted by Gasteiger charge is 2.34. The number of aromatic nitrogens is 3. The van der Waals surface area contributed by atoms with Crippen molar-refractivity contribution in [2.24, 2.45) is 0 Å². The van der Waals surface area contributed by atoms with Gasteiger partial charge in [0.15, 0.2) is 0 Å². The number of nitrogens with zero attached hydrogens (tertiary/aromatic N) is 5. The molecule has 3 heterocycles. The maximum absolute atomic E-state index is 11.7. The lowest BCUT2D eigenvalue weighted by Crippen LogP contribution is -2.46. The van der Waals surface area contributed by atoms with Crippen LogP contribution in [0.3, 0.4) is 0 Å². The van der Waals surface area contributed by atoms with Crippen LogP contribution in [-0.2, 0) is 22.2 Å². The number of benzene rings is 3. The minimum absolute atomic E-state index is 0.0542. The van der Waals surface area contributed by atoms with Crippen LogP contribution in [0, 0.1) is 0 Å². The summed E-state index contributed by atoms with van der Waals surface area (Å²) >= 11 is 12.6. The van der Waals surface area contributed by atoms with E-state index in [4.69, 9.17) is 27.9 Å². The van der Waals surface area contributed by atoms with Gasteiger partial charge in [-0.1, -0.05) is 41.4 Å². The number of aliphatic hydroxyl groups is 1. The molecule has 2 unspecified atom stereocenters. The van der Waals surface area contributed by atoms with Crippen LogP contribution in [0.4, 0.5) is 11.4 Å². The molecular weight excluding hydrogens is 623 g/mol. The molecule has 44 heavy (non-hydrogen) atoms. The quantitative estimate of drug-likeness (QED) is 0.275. The second kappa shape index (κ2) is 12.9. The molecular formula is C31H34Cl2N6O4S. The van der Waals surface area contributed by atoms with E-state index >= 15 is 0 Å². The molecule has 13 heteroatoms. The van der Waals surface area contributed by atoms with Crippen molar-refractivity contribution in [1.82, 2.24) is 19.5 Å². The summed E-state index contributed by atoms with van der Waals surface area (Å²) in [7, 11) is -3.10. The number of halogens is 2. The van der Waals surface area contributed by atoms with Gasteiger partial charge in [0.1, 0.15) is 30.6 Å². The predicted octanol–water partition coefficient (Wildman–Crippen LogP) is 4.29. The molecule has 6 rings (SSSR count). The maximum Gasteiger partial charge on any atom is 0.211 e. The first-order valence-electron chi connectivity index (χ1n) is 14.5. The molecule has 0 spiro atoms. The van der Waals surface area contributed by atoms with Crippen molar-refractivity contribution in [3.8, 4) is 5.75 Å². The number of ether oxygens (including phenoxy) is 1. The molecule has 0 radical (unpaired) electrons. The summed E-state index contributed by atoms with van der Waals surface area (Å²) in [5, 5.41) is 16.6. The molecule has 1 aromatic heterocycles. The molecule has 2 atom stereocenters. The number of anilines is 2. The van der Waals surface area contributed by atoms with Crippen molar-refractivity contribution >= 4 is 44.6 Å². The molecule has 2 saturated heterocycles. The third-order valence-electron chi connectivity index (χ3n) is 8.30. The summed E-state index contributed by atoms with van der Waals surface area (Å²) in [6.45, 7) is 4.03. The van der Waals surface area contributed by atoms with Crippen molar-refractivity contribution in [3.63, 3.8) is 0 Å². The Bertz CT molecular complexity index is 1650. The Hall–Kier alpha value is -3.35. The van der Waals surface area contributed by atoms with Crippen LogP contribution in [-0.4, -0.2) is 73.4 Å². The SMILES string of the molecule is O=S1(=O)CCC(c2ccc(N3CCN(c4ccc(OCC(O)(Cn5cncn5)c5ccc(Cl)cc5Cl)cc4)CC3)cc2)CN1. The minimum Gasteiger partial charge on any atom is -0.490 e. The van der Waals surface area contributed by atoms with Gasteiger partial charge in [0.05, 0.1) is 12.3 Å². The Kier molecular flexibility index (Phi) is 9.02. The van der Waals surface area contributed by atoms with E-state index in [1.165, 1.54) is 28.6 Å². The largest absolute Gasteiger partial charge is 0.490 e. The fraction of sp³-hybridized carbons (Fsp3) is 0.355. The average molecular weight is 658 g/mol. The van der Waals surface area contributed by atoms with Gasteiger partial charge < -0.3 is 19.6 Å². The first-order chi connectivity index (χ1) is 21.2. The van der Waals surface area contributed by atoms with Crippen LogP contribution in [0.5, 0.6) is 5.75 Å². The monoisotopic (exact) mass is 656 g/mol. The van der Waals surface area contributed by atoms with Crippen LogP contribution in [0.15, 0.2) is 79.4 Å². The smallest absolute Gasteiger partial charge is 0.211 e. The van der Waals surface area contributed by atoms with E-state index in [2.05, 4.69) is 48.9 Å². The fourth-order valence-electron chi connectivity index (χ4n) is 5.78. The number of rotatable bonds is 9. The van der Waals surface area contributed by atoms with Crippen LogP contribution < -0.4 is 19.3 Å². The zero-order chi connectivity index (χ0) is 30.7. The number of hydrogen-bond acceptors (Lipinski definition) is 8. The Morgan fingerprint density at radius 2 is 1.61 bits per heavy atom. The molecule has 3 aromatic carbocycles. The van der Waals surface area contributed by atoms with E-state index < -0.39 is 15.6 Å². The zero-order valence-corrected chi connectivity index (χ0v) is 26.3. The van der Waals surface area contributed by atoms with Crippen LogP contribution in [0.25, 0.3) is 0 Å². The van der Waals surface area contributed by atoms with Crippen LogP contribution >= 0.6 is 23.2 Å². The van der Waals surface area contributed by atoms with Crippen LogP contribution in [0.1, 0.15) is 23.5 Å². The van der Waals surface area contributed by atoms with Gasteiger partial charge in [-0.15, -0.1) is 0 Å². The molecule has 4 aromatic rings. The Morgan fingerprint density at radius 3 is 2.18 bits per heavy atom. The van der Waals surface area contributed by atoms with Gasteiger partial charge in [0.2, 0.25) is 10.0 Å². The lowest BCUT2D eigenvalue weighted by Gasteiger charge is -2.37. The molecule has 0 bridgehead atoms. The summed E-state index contributed by atoms with van der Waals surface area (Å²) in [6, 6.07) is 21.4. The predicted molar refractivity (Wildman–Crippen MR) is 172 cm³/mol. The molecule has 2 fully saturated rings.